The van der Waals surface area contributed by atoms with Crippen molar-refractivity contribution in [1.29, 1.82) is 0 Å². The predicted octanol–water partition coefficient (Wildman–Crippen LogP) is 3.98. The number of hydrogen-bond acceptors (Lipinski definition) is 6. The van der Waals surface area contributed by atoms with Gasteiger partial charge in [0.25, 0.3) is 5.91 Å². The highest BCUT2D eigenvalue weighted by Gasteiger charge is 2.20. The normalized spacial score (nSPS) is 12.9. The Bertz CT molecular complexity index is 973. The first-order valence-electron chi connectivity index (χ1n) is 7.50. The van der Waals surface area contributed by atoms with E-state index in [1.807, 2.05) is 18.2 Å². The maximum absolute atomic E-state index is 12.6. The van der Waals surface area contributed by atoms with Gasteiger partial charge >= 0.3 is 0 Å². The van der Waals surface area contributed by atoms with Crippen LogP contribution < -0.4 is 19.5 Å². The zero-order valence-electron chi connectivity index (χ0n) is 13.2. The highest BCUT2D eigenvalue weighted by Crippen LogP contribution is 2.39. The molecule has 0 aliphatic carbocycles. The monoisotopic (exact) mass is 376 g/mol. The van der Waals surface area contributed by atoms with Gasteiger partial charge in [-0.25, -0.2) is 4.98 Å². The SMILES string of the molecule is COc1cccc2sc(NC(=O)c3cc(Cl)c4c(c3)OCCO4)nc12. The van der Waals surface area contributed by atoms with E-state index in [0.29, 0.717) is 51.7 Å². The fourth-order valence-corrected chi connectivity index (χ4v) is 3.70. The van der Waals surface area contributed by atoms with Crippen LogP contribution in [0.2, 0.25) is 5.02 Å². The van der Waals surface area contributed by atoms with Crippen LogP contribution in [0.5, 0.6) is 17.2 Å². The number of ether oxygens (including phenoxy) is 3. The third kappa shape index (κ3) is 2.96. The van der Waals surface area contributed by atoms with Crippen LogP contribution in [0.25, 0.3) is 10.2 Å². The number of hydrogen-bond donors (Lipinski definition) is 1. The topological polar surface area (TPSA) is 69.7 Å². The van der Waals surface area contributed by atoms with E-state index in [4.69, 9.17) is 25.8 Å². The molecule has 2 aromatic carbocycles. The Balaban J connectivity index is 1.63. The fraction of sp³-hybridized carbons (Fsp3) is 0.176. The van der Waals surface area contributed by atoms with Gasteiger partial charge in [-0.05, 0) is 24.3 Å². The van der Waals surface area contributed by atoms with Crippen molar-refractivity contribution in [2.75, 3.05) is 25.6 Å². The van der Waals surface area contributed by atoms with Crippen molar-refractivity contribution in [3.63, 3.8) is 0 Å². The standard InChI is InChI=1S/C17H13ClN2O4S/c1-22-11-3-2-4-13-14(11)19-17(25-13)20-16(21)9-7-10(18)15-12(8-9)23-5-6-24-15/h2-4,7-8H,5-6H2,1H3,(H,19,20,21). The number of nitrogens with zero attached hydrogens (tertiary/aromatic N) is 1. The van der Waals surface area contributed by atoms with Crippen LogP contribution >= 0.6 is 22.9 Å². The molecule has 1 aromatic heterocycles. The summed E-state index contributed by atoms with van der Waals surface area (Å²) in [6.45, 7) is 0.859. The summed E-state index contributed by atoms with van der Waals surface area (Å²) < 4.78 is 17.2. The van der Waals surface area contributed by atoms with Gasteiger partial charge in [-0.1, -0.05) is 29.0 Å². The lowest BCUT2D eigenvalue weighted by molar-refractivity contribution is 0.102. The molecule has 0 bridgehead atoms. The van der Waals surface area contributed by atoms with Gasteiger partial charge in [0.15, 0.2) is 16.6 Å². The predicted molar refractivity (Wildman–Crippen MR) is 96.6 cm³/mol. The number of anilines is 1. The second kappa shape index (κ2) is 6.42. The van der Waals surface area contributed by atoms with E-state index in [1.165, 1.54) is 11.3 Å². The highest BCUT2D eigenvalue weighted by atomic mass is 35.5. The summed E-state index contributed by atoms with van der Waals surface area (Å²) in [5, 5.41) is 3.61. The minimum Gasteiger partial charge on any atom is -0.494 e. The van der Waals surface area contributed by atoms with Crippen LogP contribution in [0, 0.1) is 0 Å². The molecule has 1 aliphatic heterocycles. The van der Waals surface area contributed by atoms with Crippen LogP contribution in [0.3, 0.4) is 0 Å². The summed E-state index contributed by atoms with van der Waals surface area (Å²) in [6, 6.07) is 8.80. The molecular formula is C17H13ClN2O4S. The van der Waals surface area contributed by atoms with Gasteiger partial charge in [-0.15, -0.1) is 0 Å². The smallest absolute Gasteiger partial charge is 0.257 e. The van der Waals surface area contributed by atoms with E-state index in [2.05, 4.69) is 10.3 Å². The molecule has 1 amide bonds. The zero-order valence-corrected chi connectivity index (χ0v) is 14.7. The summed E-state index contributed by atoms with van der Waals surface area (Å²) in [7, 11) is 1.59. The van der Waals surface area contributed by atoms with E-state index in [9.17, 15) is 4.79 Å². The molecule has 0 radical (unpaired) electrons. The second-order valence-electron chi connectivity index (χ2n) is 5.26. The van der Waals surface area contributed by atoms with Crippen LogP contribution in [-0.4, -0.2) is 31.2 Å². The first-order chi connectivity index (χ1) is 12.2. The van der Waals surface area contributed by atoms with Crippen molar-refractivity contribution in [3.05, 3.63) is 40.9 Å². The Labute approximate surface area is 152 Å². The van der Waals surface area contributed by atoms with E-state index in [-0.39, 0.29) is 5.91 Å². The lowest BCUT2D eigenvalue weighted by atomic mass is 10.2. The van der Waals surface area contributed by atoms with E-state index in [1.54, 1.807) is 19.2 Å². The molecule has 0 atom stereocenters. The third-order valence-electron chi connectivity index (χ3n) is 3.68. The van der Waals surface area contributed by atoms with Crippen LogP contribution in [0.15, 0.2) is 30.3 Å². The summed E-state index contributed by atoms with van der Waals surface area (Å²) in [5.41, 5.74) is 1.09. The number of aromatic nitrogens is 1. The van der Waals surface area contributed by atoms with Crippen molar-refractivity contribution >= 4 is 44.2 Å². The quantitative estimate of drug-likeness (QED) is 0.748. The Kier molecular flexibility index (Phi) is 4.10. The Morgan fingerprint density at radius 1 is 1.32 bits per heavy atom. The first-order valence-corrected chi connectivity index (χ1v) is 8.69. The molecule has 1 N–H and O–H groups in total. The van der Waals surface area contributed by atoms with Crippen molar-refractivity contribution in [3.8, 4) is 17.2 Å². The van der Waals surface area contributed by atoms with E-state index in [0.717, 1.165) is 4.70 Å². The van der Waals surface area contributed by atoms with Crippen LogP contribution in [-0.2, 0) is 0 Å². The number of para-hydroxylation sites is 1. The Hall–Kier alpha value is -2.51. The summed E-state index contributed by atoms with van der Waals surface area (Å²) in [6.07, 6.45) is 0. The van der Waals surface area contributed by atoms with Crippen LogP contribution in [0.1, 0.15) is 10.4 Å². The molecule has 6 nitrogen and oxygen atoms in total. The van der Waals surface area contributed by atoms with Crippen molar-refractivity contribution < 1.29 is 19.0 Å². The number of halogens is 1. The van der Waals surface area contributed by atoms with Gasteiger partial charge in [-0.3, -0.25) is 10.1 Å². The number of carbonyl (C=O) groups excluding carboxylic acids is 1. The van der Waals surface area contributed by atoms with Gasteiger partial charge in [0.2, 0.25) is 0 Å². The molecule has 8 heteroatoms. The van der Waals surface area contributed by atoms with E-state index < -0.39 is 0 Å². The maximum atomic E-state index is 12.6. The van der Waals surface area contributed by atoms with Crippen molar-refractivity contribution in [2.24, 2.45) is 0 Å². The third-order valence-corrected chi connectivity index (χ3v) is 4.90. The molecule has 3 aromatic rings. The maximum Gasteiger partial charge on any atom is 0.257 e. The Morgan fingerprint density at radius 3 is 3.00 bits per heavy atom. The molecule has 0 spiro atoms. The lowest BCUT2D eigenvalue weighted by Gasteiger charge is -2.20. The van der Waals surface area contributed by atoms with Crippen molar-refractivity contribution in [2.45, 2.75) is 0 Å². The van der Waals surface area contributed by atoms with E-state index >= 15 is 0 Å². The van der Waals surface area contributed by atoms with Crippen LogP contribution in [0.4, 0.5) is 5.13 Å². The average Bonchev–Trinajstić information content (AvgIpc) is 3.04. The second-order valence-corrected chi connectivity index (χ2v) is 6.70. The lowest BCUT2D eigenvalue weighted by Crippen LogP contribution is -2.17. The molecule has 0 saturated carbocycles. The molecule has 0 unspecified atom stereocenters. The largest absolute Gasteiger partial charge is 0.494 e. The van der Waals surface area contributed by atoms with Gasteiger partial charge < -0.3 is 14.2 Å². The van der Waals surface area contributed by atoms with Crippen molar-refractivity contribution in [1.82, 2.24) is 4.98 Å². The highest BCUT2D eigenvalue weighted by molar-refractivity contribution is 7.22. The summed E-state index contributed by atoms with van der Waals surface area (Å²) >= 11 is 7.55. The molecule has 1 aliphatic rings. The fourth-order valence-electron chi connectivity index (χ4n) is 2.55. The van der Waals surface area contributed by atoms with Gasteiger partial charge in [-0.2, -0.15) is 0 Å². The molecule has 2 heterocycles. The molecule has 4 rings (SSSR count). The van der Waals surface area contributed by atoms with Gasteiger partial charge in [0, 0.05) is 5.56 Å². The Morgan fingerprint density at radius 2 is 2.16 bits per heavy atom. The number of benzene rings is 2. The number of rotatable bonds is 3. The minimum absolute atomic E-state index is 0.322. The summed E-state index contributed by atoms with van der Waals surface area (Å²) in [4.78, 5) is 17.0. The minimum atomic E-state index is -0.322. The molecular weight excluding hydrogens is 364 g/mol. The van der Waals surface area contributed by atoms with Gasteiger partial charge in [0.05, 0.1) is 16.8 Å². The molecule has 25 heavy (non-hydrogen) atoms. The number of nitrogens with one attached hydrogen (secondary N) is 1. The number of fused-ring (bicyclic) bond motifs is 2. The molecule has 0 fully saturated rings. The number of carbonyl (C=O) groups is 1. The average molecular weight is 377 g/mol. The zero-order chi connectivity index (χ0) is 17.4. The number of methoxy groups -OCH3 is 1. The molecule has 0 saturated heterocycles. The molecule has 128 valence electrons. The van der Waals surface area contributed by atoms with Gasteiger partial charge in [0.1, 0.15) is 24.5 Å². The number of amides is 1. The first kappa shape index (κ1) is 16.0. The number of thiazole rings is 1. The summed E-state index contributed by atoms with van der Waals surface area (Å²) in [5.74, 6) is 1.28.